The van der Waals surface area contributed by atoms with E-state index in [9.17, 15) is 14.0 Å². The number of fused-ring (bicyclic) bond motifs is 2. The Labute approximate surface area is 228 Å². The molecule has 1 aromatic heterocycles. The molecule has 2 heterocycles. The summed E-state index contributed by atoms with van der Waals surface area (Å²) in [5, 5.41) is 0.379. The Morgan fingerprint density at radius 1 is 0.974 bits per heavy atom. The lowest BCUT2D eigenvalue weighted by Gasteiger charge is -2.26. The SMILES string of the molecule is CCCCOc1ccc(C2c3c(oc4ccc(Br)cc4c3=O)C(=O)N2Cc2ccc(F)cc2)cc1OCC. The number of halogens is 2. The van der Waals surface area contributed by atoms with Crippen LogP contribution in [0.25, 0.3) is 11.0 Å². The lowest BCUT2D eigenvalue weighted by Crippen LogP contribution is -2.29. The van der Waals surface area contributed by atoms with Crippen molar-refractivity contribution in [3.63, 3.8) is 0 Å². The van der Waals surface area contributed by atoms with E-state index in [4.69, 9.17) is 13.9 Å². The molecule has 0 saturated heterocycles. The van der Waals surface area contributed by atoms with E-state index in [1.165, 1.54) is 12.1 Å². The highest BCUT2D eigenvalue weighted by atomic mass is 79.9. The topological polar surface area (TPSA) is 69.0 Å². The van der Waals surface area contributed by atoms with Crippen molar-refractivity contribution in [2.75, 3.05) is 13.2 Å². The second-order valence-corrected chi connectivity index (χ2v) is 10.0. The summed E-state index contributed by atoms with van der Waals surface area (Å²) in [7, 11) is 0. The van der Waals surface area contributed by atoms with Gasteiger partial charge in [0.05, 0.1) is 30.2 Å². The van der Waals surface area contributed by atoms with Crippen molar-refractivity contribution in [2.24, 2.45) is 0 Å². The first-order valence-electron chi connectivity index (χ1n) is 12.6. The van der Waals surface area contributed by atoms with Gasteiger partial charge in [0.1, 0.15) is 11.4 Å². The van der Waals surface area contributed by atoms with Crippen LogP contribution in [0.2, 0.25) is 0 Å². The number of carbonyl (C=O) groups is 1. The summed E-state index contributed by atoms with van der Waals surface area (Å²) < 4.78 is 32.2. The first kappa shape index (κ1) is 26.0. The predicted octanol–water partition coefficient (Wildman–Crippen LogP) is 7.02. The van der Waals surface area contributed by atoms with Gasteiger partial charge in [0.25, 0.3) is 5.91 Å². The van der Waals surface area contributed by atoms with Crippen molar-refractivity contribution >= 4 is 32.8 Å². The monoisotopic (exact) mass is 579 g/mol. The zero-order valence-electron chi connectivity index (χ0n) is 21.1. The predicted molar refractivity (Wildman–Crippen MR) is 146 cm³/mol. The number of ether oxygens (including phenoxy) is 2. The van der Waals surface area contributed by atoms with Crippen molar-refractivity contribution in [2.45, 2.75) is 39.3 Å². The lowest BCUT2D eigenvalue weighted by molar-refractivity contribution is 0.0714. The van der Waals surface area contributed by atoms with Crippen molar-refractivity contribution in [1.82, 2.24) is 4.90 Å². The first-order chi connectivity index (χ1) is 18.4. The molecular formula is C30H27BrFNO5. The normalized spacial score (nSPS) is 14.7. The van der Waals surface area contributed by atoms with E-state index in [1.807, 2.05) is 25.1 Å². The summed E-state index contributed by atoms with van der Waals surface area (Å²) >= 11 is 3.42. The smallest absolute Gasteiger partial charge is 0.291 e. The molecule has 3 aromatic carbocycles. The number of carbonyl (C=O) groups excluding carboxylic acids is 1. The molecular weight excluding hydrogens is 553 g/mol. The molecule has 8 heteroatoms. The standard InChI is InChI=1S/C30H27BrFNO5/c1-3-5-14-37-24-12-8-19(15-25(24)36-4-2)27-26-28(34)22-16-20(31)9-13-23(22)38-29(26)30(35)33(27)17-18-6-10-21(32)11-7-18/h6-13,15-16,27H,3-5,14,17H2,1-2H3. The molecule has 1 aliphatic heterocycles. The average molecular weight is 580 g/mol. The molecule has 0 fully saturated rings. The zero-order chi connectivity index (χ0) is 26.8. The third-order valence-corrected chi connectivity index (χ3v) is 7.03. The number of amides is 1. The number of unbranched alkanes of at least 4 members (excludes halogenated alkanes) is 1. The van der Waals surface area contributed by atoms with Crippen LogP contribution in [-0.2, 0) is 6.54 Å². The fourth-order valence-corrected chi connectivity index (χ4v) is 5.06. The molecule has 6 nitrogen and oxygen atoms in total. The van der Waals surface area contributed by atoms with Crippen LogP contribution in [0.3, 0.4) is 0 Å². The molecule has 0 radical (unpaired) electrons. The average Bonchev–Trinajstić information content (AvgIpc) is 3.18. The van der Waals surface area contributed by atoms with E-state index < -0.39 is 11.9 Å². The van der Waals surface area contributed by atoms with Gasteiger partial charge in [-0.2, -0.15) is 0 Å². The van der Waals surface area contributed by atoms with Gasteiger partial charge < -0.3 is 18.8 Å². The van der Waals surface area contributed by atoms with E-state index in [1.54, 1.807) is 35.2 Å². The minimum atomic E-state index is -0.730. The largest absolute Gasteiger partial charge is 0.490 e. The Kier molecular flexibility index (Phi) is 7.51. The maximum atomic E-state index is 13.8. The van der Waals surface area contributed by atoms with E-state index in [2.05, 4.69) is 22.9 Å². The number of hydrogen-bond acceptors (Lipinski definition) is 5. The van der Waals surface area contributed by atoms with Gasteiger partial charge in [-0.15, -0.1) is 0 Å². The fourth-order valence-electron chi connectivity index (χ4n) is 4.70. The fraction of sp³-hybridized carbons (Fsp3) is 0.267. The second-order valence-electron chi connectivity index (χ2n) is 9.12. The first-order valence-corrected chi connectivity index (χ1v) is 13.4. The van der Waals surface area contributed by atoms with Gasteiger partial charge in [-0.25, -0.2) is 4.39 Å². The Hall–Kier alpha value is -3.65. The number of rotatable bonds is 9. The van der Waals surface area contributed by atoms with Crippen LogP contribution in [-0.4, -0.2) is 24.0 Å². The molecule has 0 N–H and O–H groups in total. The van der Waals surface area contributed by atoms with E-state index in [0.717, 1.165) is 22.9 Å². The highest BCUT2D eigenvalue weighted by Gasteiger charge is 2.43. The molecule has 1 unspecified atom stereocenters. The van der Waals surface area contributed by atoms with Crippen LogP contribution >= 0.6 is 15.9 Å². The summed E-state index contributed by atoms with van der Waals surface area (Å²) in [6.45, 7) is 5.12. The third-order valence-electron chi connectivity index (χ3n) is 6.53. The van der Waals surface area contributed by atoms with Crippen LogP contribution in [0.4, 0.5) is 4.39 Å². The van der Waals surface area contributed by atoms with Gasteiger partial charge in [0, 0.05) is 11.0 Å². The molecule has 0 saturated carbocycles. The van der Waals surface area contributed by atoms with Crippen LogP contribution in [0, 0.1) is 5.82 Å². The number of nitrogens with zero attached hydrogens (tertiary/aromatic N) is 1. The molecule has 0 bridgehead atoms. The molecule has 4 aromatic rings. The Balaban J connectivity index is 1.66. The van der Waals surface area contributed by atoms with Crippen LogP contribution in [0.15, 0.2) is 74.3 Å². The number of benzene rings is 3. The molecule has 0 spiro atoms. The van der Waals surface area contributed by atoms with Gasteiger partial charge in [-0.1, -0.05) is 47.5 Å². The Morgan fingerprint density at radius 3 is 2.50 bits per heavy atom. The highest BCUT2D eigenvalue weighted by Crippen LogP contribution is 2.42. The minimum Gasteiger partial charge on any atom is -0.490 e. The lowest BCUT2D eigenvalue weighted by atomic mass is 9.97. The summed E-state index contributed by atoms with van der Waals surface area (Å²) in [5.41, 5.74) is 1.74. The molecule has 1 amide bonds. The molecule has 1 atom stereocenters. The van der Waals surface area contributed by atoms with Crippen molar-refractivity contribution in [3.8, 4) is 11.5 Å². The van der Waals surface area contributed by atoms with Gasteiger partial charge in [-0.05, 0) is 66.9 Å². The molecule has 5 rings (SSSR count). The van der Waals surface area contributed by atoms with Crippen LogP contribution in [0.5, 0.6) is 11.5 Å². The van der Waals surface area contributed by atoms with Gasteiger partial charge in [0.15, 0.2) is 16.9 Å². The highest BCUT2D eigenvalue weighted by molar-refractivity contribution is 9.10. The summed E-state index contributed by atoms with van der Waals surface area (Å²) in [5.74, 6) is 0.385. The van der Waals surface area contributed by atoms with Gasteiger partial charge in [0.2, 0.25) is 5.76 Å². The Bertz CT molecular complexity index is 1550. The van der Waals surface area contributed by atoms with Crippen molar-refractivity contribution in [1.29, 1.82) is 0 Å². The second kappa shape index (κ2) is 11.0. The Morgan fingerprint density at radius 2 is 1.76 bits per heavy atom. The summed E-state index contributed by atoms with van der Waals surface area (Å²) in [6, 6.07) is 15.8. The molecule has 196 valence electrons. The van der Waals surface area contributed by atoms with Gasteiger partial charge >= 0.3 is 0 Å². The molecule has 0 aliphatic carbocycles. The minimum absolute atomic E-state index is 0.0122. The van der Waals surface area contributed by atoms with Gasteiger partial charge in [-0.3, -0.25) is 9.59 Å². The summed E-state index contributed by atoms with van der Waals surface area (Å²) in [4.78, 5) is 29.1. The van der Waals surface area contributed by atoms with Crippen molar-refractivity contribution < 1.29 is 23.1 Å². The zero-order valence-corrected chi connectivity index (χ0v) is 22.7. The van der Waals surface area contributed by atoms with E-state index in [0.29, 0.717) is 41.2 Å². The third kappa shape index (κ3) is 4.92. The van der Waals surface area contributed by atoms with E-state index >= 15 is 0 Å². The molecule has 1 aliphatic rings. The maximum absolute atomic E-state index is 13.8. The van der Waals surface area contributed by atoms with Crippen LogP contribution in [0.1, 0.15) is 60.0 Å². The van der Waals surface area contributed by atoms with E-state index in [-0.39, 0.29) is 29.1 Å². The van der Waals surface area contributed by atoms with Crippen molar-refractivity contribution in [3.05, 3.63) is 104 Å². The quantitative estimate of drug-likeness (QED) is 0.199. The molecule has 38 heavy (non-hydrogen) atoms. The number of hydrogen-bond donors (Lipinski definition) is 0. The maximum Gasteiger partial charge on any atom is 0.291 e. The van der Waals surface area contributed by atoms with Crippen LogP contribution < -0.4 is 14.9 Å². The summed E-state index contributed by atoms with van der Waals surface area (Å²) in [6.07, 6.45) is 1.91.